The van der Waals surface area contributed by atoms with Crippen LogP contribution in [0.3, 0.4) is 0 Å². The zero-order chi connectivity index (χ0) is 18.2. The number of likely N-dealkylation sites (tertiary alicyclic amines) is 1. The molecule has 0 spiro atoms. The molecule has 3 aromatic rings. The minimum atomic E-state index is -0.0623. The number of hydrogen-bond donors (Lipinski definition) is 1. The zero-order valence-electron chi connectivity index (χ0n) is 15.2. The molecule has 140 valence electrons. The fraction of sp³-hybridized carbons (Fsp3) is 0.474. The molecule has 3 aromatic heterocycles. The first-order chi connectivity index (χ1) is 13.3. The molecular formula is C19H23N7O. The molecule has 1 atom stereocenters. The van der Waals surface area contributed by atoms with Gasteiger partial charge in [-0.2, -0.15) is 10.2 Å². The van der Waals surface area contributed by atoms with Gasteiger partial charge in [0.2, 0.25) is 0 Å². The van der Waals surface area contributed by atoms with Gasteiger partial charge in [0, 0.05) is 48.2 Å². The summed E-state index contributed by atoms with van der Waals surface area (Å²) < 4.78 is 3.41. The highest BCUT2D eigenvalue weighted by Gasteiger charge is 2.31. The number of aromatic nitrogens is 6. The summed E-state index contributed by atoms with van der Waals surface area (Å²) in [6.07, 6.45) is 12.0. The molecule has 0 amide bonds. The summed E-state index contributed by atoms with van der Waals surface area (Å²) in [5.74, 6) is 1.38. The third-order valence-corrected chi connectivity index (χ3v) is 5.61. The summed E-state index contributed by atoms with van der Waals surface area (Å²) in [7, 11) is 0. The molecule has 27 heavy (non-hydrogen) atoms. The predicted molar refractivity (Wildman–Crippen MR) is 99.6 cm³/mol. The van der Waals surface area contributed by atoms with Gasteiger partial charge in [0.05, 0.1) is 12.7 Å². The SMILES string of the molecule is O=c1ccc(-n2ccnc2)nn1CC1CCCN1Cc1cn[nH]c1C1CC1. The molecule has 0 radical (unpaired) electrons. The van der Waals surface area contributed by atoms with Gasteiger partial charge in [-0.25, -0.2) is 9.67 Å². The van der Waals surface area contributed by atoms with E-state index in [4.69, 9.17) is 0 Å². The van der Waals surface area contributed by atoms with Crippen molar-refractivity contribution in [3.8, 4) is 5.82 Å². The van der Waals surface area contributed by atoms with Crippen molar-refractivity contribution in [3.05, 3.63) is 58.7 Å². The van der Waals surface area contributed by atoms with Crippen LogP contribution in [0, 0.1) is 0 Å². The van der Waals surface area contributed by atoms with Crippen LogP contribution in [0.25, 0.3) is 5.82 Å². The van der Waals surface area contributed by atoms with Crippen LogP contribution in [0.1, 0.15) is 42.9 Å². The van der Waals surface area contributed by atoms with E-state index in [1.165, 1.54) is 24.1 Å². The Morgan fingerprint density at radius 2 is 2.15 bits per heavy atom. The van der Waals surface area contributed by atoms with Crippen LogP contribution >= 0.6 is 0 Å². The Kier molecular flexibility index (Phi) is 4.12. The van der Waals surface area contributed by atoms with Crippen molar-refractivity contribution in [2.75, 3.05) is 6.54 Å². The van der Waals surface area contributed by atoms with Crippen LogP contribution in [-0.4, -0.2) is 47.0 Å². The van der Waals surface area contributed by atoms with Crippen LogP contribution < -0.4 is 5.56 Å². The lowest BCUT2D eigenvalue weighted by Crippen LogP contribution is -2.37. The van der Waals surface area contributed by atoms with E-state index in [0.717, 1.165) is 25.9 Å². The second kappa shape index (κ2) is 6.77. The van der Waals surface area contributed by atoms with E-state index in [9.17, 15) is 4.79 Å². The van der Waals surface area contributed by atoms with Crippen molar-refractivity contribution in [2.45, 2.75) is 50.7 Å². The lowest BCUT2D eigenvalue weighted by atomic mass is 10.1. The molecule has 2 fully saturated rings. The highest BCUT2D eigenvalue weighted by molar-refractivity contribution is 5.24. The molecule has 4 heterocycles. The van der Waals surface area contributed by atoms with Gasteiger partial charge in [0.15, 0.2) is 5.82 Å². The highest BCUT2D eigenvalue weighted by Crippen LogP contribution is 2.41. The monoisotopic (exact) mass is 365 g/mol. The minimum Gasteiger partial charge on any atom is -0.294 e. The van der Waals surface area contributed by atoms with Crippen LogP contribution in [0.4, 0.5) is 0 Å². The Labute approximate surface area is 156 Å². The van der Waals surface area contributed by atoms with E-state index < -0.39 is 0 Å². The van der Waals surface area contributed by atoms with Crippen molar-refractivity contribution in [1.29, 1.82) is 0 Å². The first-order valence-corrected chi connectivity index (χ1v) is 9.60. The van der Waals surface area contributed by atoms with Crippen molar-refractivity contribution in [2.24, 2.45) is 0 Å². The van der Waals surface area contributed by atoms with Gasteiger partial charge in [0.1, 0.15) is 6.33 Å². The third kappa shape index (κ3) is 3.32. The van der Waals surface area contributed by atoms with Crippen LogP contribution in [0.5, 0.6) is 0 Å². The normalized spacial score (nSPS) is 20.4. The van der Waals surface area contributed by atoms with Crippen molar-refractivity contribution in [3.63, 3.8) is 0 Å². The molecule has 1 saturated carbocycles. The number of rotatable bonds is 6. The smallest absolute Gasteiger partial charge is 0.266 e. The van der Waals surface area contributed by atoms with Gasteiger partial charge in [-0.15, -0.1) is 0 Å². The molecule has 0 aromatic carbocycles. The Balaban J connectivity index is 1.34. The van der Waals surface area contributed by atoms with E-state index in [1.54, 1.807) is 29.3 Å². The van der Waals surface area contributed by atoms with E-state index in [0.29, 0.717) is 24.3 Å². The summed E-state index contributed by atoms with van der Waals surface area (Å²) in [5, 5.41) is 12.0. The number of imidazole rings is 1. The van der Waals surface area contributed by atoms with Gasteiger partial charge < -0.3 is 0 Å². The lowest BCUT2D eigenvalue weighted by Gasteiger charge is -2.24. The van der Waals surface area contributed by atoms with Crippen LogP contribution in [0.15, 0.2) is 41.8 Å². The number of nitrogens with zero attached hydrogens (tertiary/aromatic N) is 6. The van der Waals surface area contributed by atoms with Gasteiger partial charge in [0.25, 0.3) is 5.56 Å². The molecule has 1 unspecified atom stereocenters. The highest BCUT2D eigenvalue weighted by atomic mass is 16.1. The molecule has 5 rings (SSSR count). The van der Waals surface area contributed by atoms with E-state index in [1.807, 2.05) is 17.0 Å². The number of hydrogen-bond acceptors (Lipinski definition) is 5. The van der Waals surface area contributed by atoms with Gasteiger partial charge in [-0.05, 0) is 38.3 Å². The average molecular weight is 365 g/mol. The predicted octanol–water partition coefficient (Wildman–Crippen LogP) is 1.69. The second-order valence-corrected chi connectivity index (χ2v) is 7.53. The van der Waals surface area contributed by atoms with Crippen LogP contribution in [-0.2, 0) is 13.1 Å². The summed E-state index contributed by atoms with van der Waals surface area (Å²) in [6, 6.07) is 3.64. The molecule has 8 heteroatoms. The molecular weight excluding hydrogens is 342 g/mol. The molecule has 2 aliphatic rings. The summed E-state index contributed by atoms with van der Waals surface area (Å²) in [5.41, 5.74) is 2.54. The van der Waals surface area contributed by atoms with Gasteiger partial charge in [-0.1, -0.05) is 0 Å². The quantitative estimate of drug-likeness (QED) is 0.719. The number of nitrogens with one attached hydrogen (secondary N) is 1. The summed E-state index contributed by atoms with van der Waals surface area (Å²) >= 11 is 0. The summed E-state index contributed by atoms with van der Waals surface area (Å²) in [4.78, 5) is 18.9. The Hall–Kier alpha value is -2.74. The van der Waals surface area contributed by atoms with Crippen LogP contribution in [0.2, 0.25) is 0 Å². The maximum Gasteiger partial charge on any atom is 0.266 e. The van der Waals surface area contributed by atoms with Crippen molar-refractivity contribution >= 4 is 0 Å². The average Bonchev–Trinajstić information content (AvgIpc) is 3.07. The molecule has 0 bridgehead atoms. The first-order valence-electron chi connectivity index (χ1n) is 9.60. The zero-order valence-corrected chi connectivity index (χ0v) is 15.2. The molecule has 1 aliphatic carbocycles. The number of H-pyrrole nitrogens is 1. The fourth-order valence-electron chi connectivity index (χ4n) is 4.00. The Morgan fingerprint density at radius 3 is 2.96 bits per heavy atom. The van der Waals surface area contributed by atoms with E-state index >= 15 is 0 Å². The van der Waals surface area contributed by atoms with Gasteiger partial charge >= 0.3 is 0 Å². The fourth-order valence-corrected chi connectivity index (χ4v) is 4.00. The Bertz CT molecular complexity index is 970. The minimum absolute atomic E-state index is 0.0623. The molecule has 1 N–H and O–H groups in total. The summed E-state index contributed by atoms with van der Waals surface area (Å²) in [6.45, 7) is 2.55. The lowest BCUT2D eigenvalue weighted by molar-refractivity contribution is 0.216. The first kappa shape index (κ1) is 16.4. The molecule has 1 saturated heterocycles. The van der Waals surface area contributed by atoms with E-state index in [-0.39, 0.29) is 5.56 Å². The van der Waals surface area contributed by atoms with Crippen molar-refractivity contribution < 1.29 is 0 Å². The molecule has 1 aliphatic heterocycles. The van der Waals surface area contributed by atoms with Gasteiger partial charge in [-0.3, -0.25) is 19.4 Å². The molecule has 8 nitrogen and oxygen atoms in total. The maximum absolute atomic E-state index is 12.3. The van der Waals surface area contributed by atoms with E-state index in [2.05, 4.69) is 25.2 Å². The van der Waals surface area contributed by atoms with Crippen molar-refractivity contribution in [1.82, 2.24) is 34.4 Å². The maximum atomic E-state index is 12.3. The largest absolute Gasteiger partial charge is 0.294 e. The number of aromatic amines is 1. The third-order valence-electron chi connectivity index (χ3n) is 5.61. The topological polar surface area (TPSA) is 84.6 Å². The standard InChI is InChI=1S/C19H23N7O/c27-18-6-5-17(25-9-7-20-13-25)23-26(18)12-16-2-1-8-24(16)11-15-10-21-22-19(15)14-3-4-14/h5-7,9-10,13-14,16H,1-4,8,11-12H2,(H,21,22). The Morgan fingerprint density at radius 1 is 1.22 bits per heavy atom. The second-order valence-electron chi connectivity index (χ2n) is 7.53.